The van der Waals surface area contributed by atoms with Crippen molar-refractivity contribution < 1.29 is 4.74 Å². The van der Waals surface area contributed by atoms with Crippen molar-refractivity contribution >= 4 is 5.70 Å². The van der Waals surface area contributed by atoms with Crippen LogP contribution < -0.4 is 10.5 Å². The SMILES string of the molecule is COc1ccc(C2=C[C](N)N=N2)cc1. The first-order chi connectivity index (χ1) is 6.79. The van der Waals surface area contributed by atoms with Crippen molar-refractivity contribution in [2.24, 2.45) is 16.0 Å². The van der Waals surface area contributed by atoms with Crippen molar-refractivity contribution in [3.05, 3.63) is 42.1 Å². The van der Waals surface area contributed by atoms with E-state index in [9.17, 15) is 0 Å². The van der Waals surface area contributed by atoms with E-state index >= 15 is 0 Å². The van der Waals surface area contributed by atoms with Crippen LogP contribution in [-0.2, 0) is 0 Å². The van der Waals surface area contributed by atoms with Crippen LogP contribution >= 0.6 is 0 Å². The maximum Gasteiger partial charge on any atom is 0.194 e. The van der Waals surface area contributed by atoms with Gasteiger partial charge >= 0.3 is 0 Å². The van der Waals surface area contributed by atoms with Gasteiger partial charge < -0.3 is 4.74 Å². The van der Waals surface area contributed by atoms with Crippen molar-refractivity contribution in [3.8, 4) is 5.75 Å². The van der Waals surface area contributed by atoms with Gasteiger partial charge in [-0.15, -0.1) is 0 Å². The summed E-state index contributed by atoms with van der Waals surface area (Å²) in [6, 6.07) is 7.59. The zero-order valence-electron chi connectivity index (χ0n) is 7.77. The first kappa shape index (κ1) is 8.90. The summed E-state index contributed by atoms with van der Waals surface area (Å²) < 4.78 is 5.05. The number of azo groups is 1. The molecule has 2 rings (SSSR count). The summed E-state index contributed by atoms with van der Waals surface area (Å²) in [5.74, 6) is 0.821. The fourth-order valence-electron chi connectivity index (χ4n) is 1.21. The smallest absolute Gasteiger partial charge is 0.194 e. The minimum absolute atomic E-state index is 0.441. The molecule has 2 N–H and O–H groups in total. The van der Waals surface area contributed by atoms with E-state index in [0.717, 1.165) is 17.0 Å². The van der Waals surface area contributed by atoms with Gasteiger partial charge in [0.05, 0.1) is 12.8 Å². The van der Waals surface area contributed by atoms with Gasteiger partial charge in [0.2, 0.25) is 0 Å². The molecule has 1 aliphatic rings. The number of hydrogen-bond acceptors (Lipinski definition) is 4. The summed E-state index contributed by atoms with van der Waals surface area (Å²) in [5, 5.41) is 7.66. The Morgan fingerprint density at radius 2 is 1.86 bits per heavy atom. The van der Waals surface area contributed by atoms with Gasteiger partial charge in [0, 0.05) is 5.56 Å². The molecule has 4 heteroatoms. The van der Waals surface area contributed by atoms with Crippen molar-refractivity contribution in [1.82, 2.24) is 0 Å². The van der Waals surface area contributed by atoms with Gasteiger partial charge in [-0.1, -0.05) is 0 Å². The van der Waals surface area contributed by atoms with Gasteiger partial charge in [0.15, 0.2) is 6.17 Å². The van der Waals surface area contributed by atoms with Crippen molar-refractivity contribution in [1.29, 1.82) is 0 Å². The molecule has 1 radical (unpaired) electrons. The van der Waals surface area contributed by atoms with Crippen LogP contribution in [-0.4, -0.2) is 7.11 Å². The lowest BCUT2D eigenvalue weighted by Gasteiger charge is -2.00. The molecule has 0 amide bonds. The highest BCUT2D eigenvalue weighted by atomic mass is 16.5. The Bertz CT molecular complexity index is 381. The largest absolute Gasteiger partial charge is 0.497 e. The molecule has 1 aromatic carbocycles. The van der Waals surface area contributed by atoms with Crippen molar-refractivity contribution in [2.75, 3.05) is 7.11 Å². The zero-order chi connectivity index (χ0) is 9.97. The molecule has 0 fully saturated rings. The minimum Gasteiger partial charge on any atom is -0.497 e. The monoisotopic (exact) mass is 188 g/mol. The molecule has 0 unspecified atom stereocenters. The molecule has 1 aliphatic heterocycles. The van der Waals surface area contributed by atoms with E-state index in [1.165, 1.54) is 0 Å². The van der Waals surface area contributed by atoms with Gasteiger partial charge in [-0.2, -0.15) is 10.2 Å². The third-order valence-electron chi connectivity index (χ3n) is 1.94. The predicted molar refractivity (Wildman–Crippen MR) is 53.3 cm³/mol. The molecule has 0 aliphatic carbocycles. The minimum atomic E-state index is 0.441. The van der Waals surface area contributed by atoms with Crippen molar-refractivity contribution in [2.45, 2.75) is 0 Å². The lowest BCUT2D eigenvalue weighted by molar-refractivity contribution is 0.415. The number of methoxy groups -OCH3 is 1. The van der Waals surface area contributed by atoms with E-state index in [4.69, 9.17) is 10.5 Å². The molecule has 1 heterocycles. The third kappa shape index (κ3) is 1.65. The summed E-state index contributed by atoms with van der Waals surface area (Å²) >= 11 is 0. The van der Waals surface area contributed by atoms with Crippen LogP contribution in [0.4, 0.5) is 0 Å². The summed E-state index contributed by atoms with van der Waals surface area (Å²) in [6.07, 6.45) is 2.18. The second-order valence-electron chi connectivity index (χ2n) is 2.88. The molecular formula is C10H10N3O. The van der Waals surface area contributed by atoms with E-state index in [-0.39, 0.29) is 0 Å². The summed E-state index contributed by atoms with van der Waals surface area (Å²) in [7, 11) is 1.63. The lowest BCUT2D eigenvalue weighted by Crippen LogP contribution is -1.98. The van der Waals surface area contributed by atoms with Crippen LogP contribution in [0.5, 0.6) is 5.75 Å². The summed E-state index contributed by atoms with van der Waals surface area (Å²) in [5.41, 5.74) is 7.24. The normalized spacial score (nSPS) is 15.7. The topological polar surface area (TPSA) is 60.0 Å². The summed E-state index contributed by atoms with van der Waals surface area (Å²) in [6.45, 7) is 0. The van der Waals surface area contributed by atoms with E-state index in [1.807, 2.05) is 24.3 Å². The van der Waals surface area contributed by atoms with E-state index in [2.05, 4.69) is 10.2 Å². The van der Waals surface area contributed by atoms with E-state index in [0.29, 0.717) is 6.17 Å². The number of nitrogens with two attached hydrogens (primary N) is 1. The highest BCUT2D eigenvalue weighted by Crippen LogP contribution is 2.25. The first-order valence-electron chi connectivity index (χ1n) is 4.20. The van der Waals surface area contributed by atoms with Crippen LogP contribution in [0.15, 0.2) is 40.6 Å². The number of benzene rings is 1. The highest BCUT2D eigenvalue weighted by Gasteiger charge is 2.10. The van der Waals surface area contributed by atoms with Crippen LogP contribution in [0, 0.1) is 6.17 Å². The second kappa shape index (κ2) is 3.59. The first-order valence-corrected chi connectivity index (χ1v) is 4.20. The fraction of sp³-hybridized carbons (Fsp3) is 0.100. The Morgan fingerprint density at radius 1 is 1.14 bits per heavy atom. The van der Waals surface area contributed by atoms with Gasteiger partial charge in [-0.25, -0.2) is 0 Å². The Balaban J connectivity index is 2.26. The number of ether oxygens (including phenoxy) is 1. The molecule has 0 saturated heterocycles. The van der Waals surface area contributed by atoms with Crippen LogP contribution in [0.25, 0.3) is 5.70 Å². The van der Waals surface area contributed by atoms with Gasteiger partial charge in [0.1, 0.15) is 5.75 Å². The maximum absolute atomic E-state index is 5.47. The molecule has 0 atom stereocenters. The molecular weight excluding hydrogens is 178 g/mol. The molecule has 14 heavy (non-hydrogen) atoms. The second-order valence-corrected chi connectivity index (χ2v) is 2.88. The molecule has 71 valence electrons. The zero-order valence-corrected chi connectivity index (χ0v) is 7.77. The van der Waals surface area contributed by atoms with Crippen LogP contribution in [0.3, 0.4) is 0 Å². The van der Waals surface area contributed by atoms with E-state index in [1.54, 1.807) is 13.2 Å². The van der Waals surface area contributed by atoms with Crippen molar-refractivity contribution in [3.63, 3.8) is 0 Å². The Hall–Kier alpha value is -1.68. The van der Waals surface area contributed by atoms with Gasteiger partial charge in [-0.05, 0) is 30.3 Å². The molecule has 1 aromatic rings. The number of rotatable bonds is 2. The summed E-state index contributed by atoms with van der Waals surface area (Å²) in [4.78, 5) is 0. The Morgan fingerprint density at radius 3 is 2.36 bits per heavy atom. The molecule has 0 bridgehead atoms. The molecule has 0 aromatic heterocycles. The lowest BCUT2D eigenvalue weighted by atomic mass is 10.1. The standard InChI is InChI=1S/C10H10N3O/c1-14-8-4-2-7(3-5-8)9-6-10(11)13-12-9/h2-6H,11H2,1H3. The molecule has 4 nitrogen and oxygen atoms in total. The molecule has 0 spiro atoms. The average Bonchev–Trinajstić information content (AvgIpc) is 2.65. The predicted octanol–water partition coefficient (Wildman–Crippen LogP) is 1.95. The third-order valence-corrected chi connectivity index (χ3v) is 1.94. The number of hydrogen-bond donors (Lipinski definition) is 1. The number of nitrogens with zero attached hydrogens (tertiary/aromatic N) is 2. The molecule has 0 saturated carbocycles. The average molecular weight is 188 g/mol. The van der Waals surface area contributed by atoms with Crippen LogP contribution in [0.2, 0.25) is 0 Å². The fourth-order valence-corrected chi connectivity index (χ4v) is 1.21. The Labute approximate surface area is 82.1 Å². The van der Waals surface area contributed by atoms with Gasteiger partial charge in [0.25, 0.3) is 0 Å². The maximum atomic E-state index is 5.47. The Kier molecular flexibility index (Phi) is 2.28. The van der Waals surface area contributed by atoms with Gasteiger partial charge in [-0.3, -0.25) is 5.73 Å². The van der Waals surface area contributed by atoms with Crippen LogP contribution in [0.1, 0.15) is 5.56 Å². The highest BCUT2D eigenvalue weighted by molar-refractivity contribution is 5.67. The quantitative estimate of drug-likeness (QED) is 0.771. The van der Waals surface area contributed by atoms with E-state index < -0.39 is 0 Å².